The highest BCUT2D eigenvalue weighted by atomic mass is 35.5. The third kappa shape index (κ3) is 3.47. The van der Waals surface area contributed by atoms with Gasteiger partial charge in [-0.05, 0) is 61.7 Å². The van der Waals surface area contributed by atoms with Gasteiger partial charge in [0.1, 0.15) is 5.52 Å². The summed E-state index contributed by atoms with van der Waals surface area (Å²) in [6, 6.07) is 12.5. The van der Waals surface area contributed by atoms with Crippen molar-refractivity contribution in [3.63, 3.8) is 0 Å². The Hall–Kier alpha value is -2.86. The van der Waals surface area contributed by atoms with Crippen molar-refractivity contribution in [1.29, 1.82) is 0 Å². The minimum atomic E-state index is -0.285. The molecule has 144 valence electrons. The molecule has 1 fully saturated rings. The third-order valence-corrected chi connectivity index (χ3v) is 5.64. The maximum absolute atomic E-state index is 12.8. The lowest BCUT2D eigenvalue weighted by Crippen LogP contribution is -2.36. The zero-order valence-electron chi connectivity index (χ0n) is 15.4. The van der Waals surface area contributed by atoms with Crippen LogP contribution in [0.5, 0.6) is 0 Å². The minimum absolute atomic E-state index is 0.0338. The van der Waals surface area contributed by atoms with E-state index in [0.29, 0.717) is 34.0 Å². The predicted molar refractivity (Wildman–Crippen MR) is 107 cm³/mol. The highest BCUT2D eigenvalue weighted by Crippen LogP contribution is 2.30. The second kappa shape index (κ2) is 7.28. The number of primary amides is 1. The number of nitrogens with zero attached hydrogens (tertiary/aromatic N) is 2. The van der Waals surface area contributed by atoms with Crippen LogP contribution in [0, 0.1) is 5.92 Å². The summed E-state index contributed by atoms with van der Waals surface area (Å²) in [6.07, 6.45) is 2.15. The first-order valence-corrected chi connectivity index (χ1v) is 9.53. The monoisotopic (exact) mass is 397 g/mol. The first-order chi connectivity index (χ1) is 13.4. The number of carbonyl (C=O) groups is 2. The van der Waals surface area contributed by atoms with Gasteiger partial charge in [-0.1, -0.05) is 11.6 Å². The Morgan fingerprint density at radius 1 is 1.18 bits per heavy atom. The van der Waals surface area contributed by atoms with Gasteiger partial charge in [-0.25, -0.2) is 4.98 Å². The number of carbonyl (C=O) groups excluding carboxylic acids is 2. The molecule has 2 N–H and O–H groups in total. The summed E-state index contributed by atoms with van der Waals surface area (Å²) in [7, 11) is 1.77. The molecule has 0 spiro atoms. The molecule has 1 aliphatic rings. The normalized spacial score (nSPS) is 19.1. The molecule has 2 aromatic carbocycles. The van der Waals surface area contributed by atoms with Gasteiger partial charge in [0.2, 0.25) is 11.8 Å². The third-order valence-electron chi connectivity index (χ3n) is 5.40. The highest BCUT2D eigenvalue weighted by Gasteiger charge is 2.32. The van der Waals surface area contributed by atoms with Gasteiger partial charge in [0, 0.05) is 35.2 Å². The quantitative estimate of drug-likeness (QED) is 0.723. The molecule has 28 heavy (non-hydrogen) atoms. The minimum Gasteiger partial charge on any atom is -0.436 e. The number of hydrogen-bond donors (Lipinski definition) is 1. The SMILES string of the molecule is CN(C(=O)c1ccc(-c2nc3cc(Cl)ccc3o2)cc1)[C@@H]1CC[C@H](C(N)=O)C1. The van der Waals surface area contributed by atoms with Gasteiger partial charge in [-0.3, -0.25) is 9.59 Å². The lowest BCUT2D eigenvalue weighted by molar-refractivity contribution is -0.121. The van der Waals surface area contributed by atoms with E-state index in [2.05, 4.69) is 4.98 Å². The number of fused-ring (bicyclic) bond motifs is 1. The molecule has 2 atom stereocenters. The van der Waals surface area contributed by atoms with Crippen LogP contribution in [0.3, 0.4) is 0 Å². The number of benzene rings is 2. The Balaban J connectivity index is 1.50. The zero-order valence-corrected chi connectivity index (χ0v) is 16.1. The summed E-state index contributed by atoms with van der Waals surface area (Å²) >= 11 is 5.99. The largest absolute Gasteiger partial charge is 0.436 e. The first kappa shape index (κ1) is 18.5. The second-order valence-corrected chi connectivity index (χ2v) is 7.63. The van der Waals surface area contributed by atoms with Gasteiger partial charge in [0.05, 0.1) is 0 Å². The van der Waals surface area contributed by atoms with E-state index >= 15 is 0 Å². The fraction of sp³-hybridized carbons (Fsp3) is 0.286. The molecule has 0 unspecified atom stereocenters. The van der Waals surface area contributed by atoms with E-state index in [9.17, 15) is 9.59 Å². The smallest absolute Gasteiger partial charge is 0.253 e. The van der Waals surface area contributed by atoms with Crippen molar-refractivity contribution in [3.05, 3.63) is 53.1 Å². The van der Waals surface area contributed by atoms with Crippen LogP contribution in [0.4, 0.5) is 0 Å². The van der Waals surface area contributed by atoms with E-state index < -0.39 is 0 Å². The fourth-order valence-corrected chi connectivity index (χ4v) is 3.88. The van der Waals surface area contributed by atoms with E-state index in [1.54, 1.807) is 42.3 Å². The molecule has 0 radical (unpaired) electrons. The van der Waals surface area contributed by atoms with Gasteiger partial charge in [0.25, 0.3) is 5.91 Å². The van der Waals surface area contributed by atoms with Crippen LogP contribution < -0.4 is 5.73 Å². The van der Waals surface area contributed by atoms with E-state index in [-0.39, 0.29) is 23.8 Å². The summed E-state index contributed by atoms with van der Waals surface area (Å²) < 4.78 is 5.76. The number of nitrogens with two attached hydrogens (primary N) is 1. The molecule has 4 rings (SSSR count). The number of oxazole rings is 1. The average Bonchev–Trinajstić information content (AvgIpc) is 3.34. The molecule has 7 heteroatoms. The van der Waals surface area contributed by atoms with Crippen LogP contribution in [0.2, 0.25) is 5.02 Å². The van der Waals surface area contributed by atoms with Crippen molar-refractivity contribution in [1.82, 2.24) is 9.88 Å². The molecule has 0 saturated heterocycles. The van der Waals surface area contributed by atoms with Crippen LogP contribution in [0.25, 0.3) is 22.6 Å². The number of aromatic nitrogens is 1. The molecular formula is C21H20ClN3O3. The molecule has 1 heterocycles. The standard InChI is InChI=1S/C21H20ClN3O3/c1-25(16-8-6-14(10-16)19(23)26)21(27)13-4-2-12(3-5-13)20-24-17-11-15(22)7-9-18(17)28-20/h2-5,7,9,11,14,16H,6,8,10H2,1H3,(H2,23,26)/t14-,16+/m0/s1. The van der Waals surface area contributed by atoms with Crippen LogP contribution >= 0.6 is 11.6 Å². The summed E-state index contributed by atoms with van der Waals surface area (Å²) in [6.45, 7) is 0. The van der Waals surface area contributed by atoms with Crippen molar-refractivity contribution in [2.24, 2.45) is 11.7 Å². The Labute approximate surface area is 167 Å². The molecular weight excluding hydrogens is 378 g/mol. The first-order valence-electron chi connectivity index (χ1n) is 9.15. The molecule has 1 saturated carbocycles. The topological polar surface area (TPSA) is 89.4 Å². The molecule has 1 aromatic heterocycles. The van der Waals surface area contributed by atoms with Crippen molar-refractivity contribution >= 4 is 34.5 Å². The maximum Gasteiger partial charge on any atom is 0.253 e. The van der Waals surface area contributed by atoms with E-state index in [4.69, 9.17) is 21.8 Å². The van der Waals surface area contributed by atoms with Gasteiger partial charge in [0.15, 0.2) is 5.58 Å². The lowest BCUT2D eigenvalue weighted by atomic mass is 10.1. The fourth-order valence-electron chi connectivity index (χ4n) is 3.72. The van der Waals surface area contributed by atoms with E-state index in [1.165, 1.54) is 0 Å². The summed E-state index contributed by atoms with van der Waals surface area (Å²) in [5, 5.41) is 0.599. The number of amides is 2. The van der Waals surface area contributed by atoms with Crippen molar-refractivity contribution in [3.8, 4) is 11.5 Å². The molecule has 3 aromatic rings. The predicted octanol–water partition coefficient (Wildman–Crippen LogP) is 3.87. The number of hydrogen-bond acceptors (Lipinski definition) is 4. The molecule has 1 aliphatic carbocycles. The van der Waals surface area contributed by atoms with Crippen LogP contribution in [0.1, 0.15) is 29.6 Å². The van der Waals surface area contributed by atoms with Gasteiger partial charge in [-0.2, -0.15) is 0 Å². The zero-order chi connectivity index (χ0) is 19.8. The lowest BCUT2D eigenvalue weighted by Gasteiger charge is -2.24. The summed E-state index contributed by atoms with van der Waals surface area (Å²) in [5.41, 5.74) is 8.09. The molecule has 0 aliphatic heterocycles. The molecule has 0 bridgehead atoms. The molecule has 2 amide bonds. The second-order valence-electron chi connectivity index (χ2n) is 7.19. The Kier molecular flexibility index (Phi) is 4.81. The number of rotatable bonds is 4. The van der Waals surface area contributed by atoms with Crippen LogP contribution in [-0.2, 0) is 4.79 Å². The summed E-state index contributed by atoms with van der Waals surface area (Å²) in [5.74, 6) is -0.0293. The molecule has 6 nitrogen and oxygen atoms in total. The van der Waals surface area contributed by atoms with Crippen molar-refractivity contribution < 1.29 is 14.0 Å². The van der Waals surface area contributed by atoms with Crippen LogP contribution in [-0.4, -0.2) is 34.8 Å². The van der Waals surface area contributed by atoms with E-state index in [1.807, 2.05) is 12.1 Å². The van der Waals surface area contributed by atoms with Crippen molar-refractivity contribution in [2.75, 3.05) is 7.05 Å². The maximum atomic E-state index is 12.8. The highest BCUT2D eigenvalue weighted by molar-refractivity contribution is 6.31. The Morgan fingerprint density at radius 2 is 1.93 bits per heavy atom. The van der Waals surface area contributed by atoms with Gasteiger partial charge >= 0.3 is 0 Å². The van der Waals surface area contributed by atoms with Gasteiger partial charge in [-0.15, -0.1) is 0 Å². The number of halogens is 1. The van der Waals surface area contributed by atoms with Gasteiger partial charge < -0.3 is 15.1 Å². The average molecular weight is 398 g/mol. The van der Waals surface area contributed by atoms with Crippen LogP contribution in [0.15, 0.2) is 46.9 Å². The Bertz CT molecular complexity index is 1040. The Morgan fingerprint density at radius 3 is 2.61 bits per heavy atom. The van der Waals surface area contributed by atoms with Crippen molar-refractivity contribution in [2.45, 2.75) is 25.3 Å². The summed E-state index contributed by atoms with van der Waals surface area (Å²) in [4.78, 5) is 30.3. The van der Waals surface area contributed by atoms with E-state index in [0.717, 1.165) is 18.4 Å².